The van der Waals surface area contributed by atoms with Gasteiger partial charge in [0.2, 0.25) is 0 Å². The van der Waals surface area contributed by atoms with Gasteiger partial charge in [-0.3, -0.25) is 0 Å². The fourth-order valence-corrected chi connectivity index (χ4v) is 3.35. The van der Waals surface area contributed by atoms with Crippen LogP contribution in [0.25, 0.3) is 0 Å². The first-order valence-corrected chi connectivity index (χ1v) is 8.50. The number of aliphatic hydroxyl groups excluding tert-OH is 1. The maximum Gasteiger partial charge on any atom is 0.123 e. The molecule has 25 heavy (non-hydrogen) atoms. The third-order valence-corrected chi connectivity index (χ3v) is 4.49. The first kappa shape index (κ1) is 19.1. The molecule has 0 heterocycles. The SMILES string of the molecule is Cc1cc(C#N)cc(CO)c1C(CCCN(C)C)c1ccc(F)cc1. The highest BCUT2D eigenvalue weighted by molar-refractivity contribution is 5.48. The van der Waals surface area contributed by atoms with Crippen molar-refractivity contribution in [2.75, 3.05) is 20.6 Å². The molecule has 0 radical (unpaired) electrons. The van der Waals surface area contributed by atoms with E-state index < -0.39 is 0 Å². The second-order valence-corrected chi connectivity index (χ2v) is 6.69. The van der Waals surface area contributed by atoms with Crippen molar-refractivity contribution in [2.45, 2.75) is 32.3 Å². The van der Waals surface area contributed by atoms with Crippen LogP contribution in [0, 0.1) is 24.1 Å². The van der Waals surface area contributed by atoms with E-state index in [2.05, 4.69) is 11.0 Å². The van der Waals surface area contributed by atoms with Crippen molar-refractivity contribution in [1.82, 2.24) is 4.90 Å². The quantitative estimate of drug-likeness (QED) is 0.829. The molecule has 0 aliphatic rings. The third-order valence-electron chi connectivity index (χ3n) is 4.49. The number of nitriles is 1. The average Bonchev–Trinajstić information content (AvgIpc) is 2.59. The minimum absolute atomic E-state index is 0.0652. The van der Waals surface area contributed by atoms with Crippen molar-refractivity contribution in [3.05, 3.63) is 70.0 Å². The summed E-state index contributed by atoms with van der Waals surface area (Å²) in [6.07, 6.45) is 1.88. The zero-order valence-corrected chi connectivity index (χ0v) is 15.1. The number of aryl methyl sites for hydroxylation is 1. The summed E-state index contributed by atoms with van der Waals surface area (Å²) in [6.45, 7) is 2.82. The van der Waals surface area contributed by atoms with Crippen LogP contribution in [0.5, 0.6) is 0 Å². The molecule has 0 bridgehead atoms. The molecule has 3 nitrogen and oxygen atoms in total. The summed E-state index contributed by atoms with van der Waals surface area (Å²) in [5.41, 5.74) is 4.39. The largest absolute Gasteiger partial charge is 0.392 e. The van der Waals surface area contributed by atoms with Gasteiger partial charge in [-0.15, -0.1) is 0 Å². The molecule has 0 amide bonds. The van der Waals surface area contributed by atoms with Gasteiger partial charge in [-0.1, -0.05) is 12.1 Å². The standard InChI is InChI=1S/C21H25FN2O/c1-15-11-16(13-23)12-18(14-25)21(15)20(5-4-10-24(2)3)17-6-8-19(22)9-7-17/h6-9,11-12,20,25H,4-5,10,14H2,1-3H3. The summed E-state index contributed by atoms with van der Waals surface area (Å²) in [7, 11) is 4.08. The van der Waals surface area contributed by atoms with Gasteiger partial charge in [-0.05, 0) is 86.9 Å². The van der Waals surface area contributed by atoms with Gasteiger partial charge in [0.1, 0.15) is 5.82 Å². The van der Waals surface area contributed by atoms with Crippen LogP contribution in [0.2, 0.25) is 0 Å². The van der Waals surface area contributed by atoms with Gasteiger partial charge >= 0.3 is 0 Å². The Morgan fingerprint density at radius 3 is 2.44 bits per heavy atom. The molecule has 0 aromatic heterocycles. The van der Waals surface area contributed by atoms with Crippen molar-refractivity contribution in [3.8, 4) is 6.07 Å². The third kappa shape index (κ3) is 4.88. The highest BCUT2D eigenvalue weighted by Gasteiger charge is 2.20. The highest BCUT2D eigenvalue weighted by atomic mass is 19.1. The lowest BCUT2D eigenvalue weighted by atomic mass is 9.81. The molecule has 132 valence electrons. The van der Waals surface area contributed by atoms with E-state index in [-0.39, 0.29) is 18.3 Å². The van der Waals surface area contributed by atoms with Crippen LogP contribution in [0.1, 0.15) is 46.6 Å². The molecule has 0 aliphatic carbocycles. The number of rotatable bonds is 7. The van der Waals surface area contributed by atoms with Crippen LogP contribution in [0.15, 0.2) is 36.4 Å². The molecular weight excluding hydrogens is 315 g/mol. The summed E-state index contributed by atoms with van der Waals surface area (Å²) in [5.74, 6) is -0.190. The van der Waals surface area contributed by atoms with Crippen LogP contribution >= 0.6 is 0 Å². The Kier molecular flexibility index (Phi) is 6.69. The number of aliphatic hydroxyl groups is 1. The predicted molar refractivity (Wildman–Crippen MR) is 97.8 cm³/mol. The Morgan fingerprint density at radius 1 is 1.20 bits per heavy atom. The van der Waals surface area contributed by atoms with Crippen LogP contribution in [-0.2, 0) is 6.61 Å². The first-order valence-electron chi connectivity index (χ1n) is 8.50. The molecule has 0 saturated carbocycles. The molecule has 2 aromatic rings. The van der Waals surface area contributed by atoms with E-state index in [0.29, 0.717) is 5.56 Å². The van der Waals surface area contributed by atoms with E-state index in [0.717, 1.165) is 41.6 Å². The Balaban J connectivity index is 2.47. The van der Waals surface area contributed by atoms with Crippen LogP contribution in [0.4, 0.5) is 4.39 Å². The van der Waals surface area contributed by atoms with Crippen molar-refractivity contribution >= 4 is 0 Å². The molecule has 2 aromatic carbocycles. The average molecular weight is 340 g/mol. The van der Waals surface area contributed by atoms with E-state index >= 15 is 0 Å². The molecule has 0 spiro atoms. The Hall–Kier alpha value is -2.22. The van der Waals surface area contributed by atoms with Crippen LogP contribution in [-0.4, -0.2) is 30.6 Å². The minimum Gasteiger partial charge on any atom is -0.392 e. The van der Waals surface area contributed by atoms with Crippen molar-refractivity contribution in [1.29, 1.82) is 5.26 Å². The summed E-state index contributed by atoms with van der Waals surface area (Å²) in [4.78, 5) is 2.14. The number of halogens is 1. The van der Waals surface area contributed by atoms with E-state index in [1.165, 1.54) is 12.1 Å². The maximum atomic E-state index is 13.4. The molecule has 0 aliphatic heterocycles. The van der Waals surface area contributed by atoms with E-state index in [4.69, 9.17) is 0 Å². The molecule has 1 unspecified atom stereocenters. The maximum absolute atomic E-state index is 13.4. The van der Waals surface area contributed by atoms with Crippen molar-refractivity contribution < 1.29 is 9.50 Å². The number of nitrogens with zero attached hydrogens (tertiary/aromatic N) is 2. The zero-order valence-electron chi connectivity index (χ0n) is 15.1. The summed E-state index contributed by atoms with van der Waals surface area (Å²) in [5, 5.41) is 19.0. The lowest BCUT2D eigenvalue weighted by molar-refractivity contribution is 0.279. The molecule has 1 N–H and O–H groups in total. The van der Waals surface area contributed by atoms with E-state index in [1.807, 2.05) is 39.2 Å². The smallest absolute Gasteiger partial charge is 0.123 e. The fraction of sp³-hybridized carbons (Fsp3) is 0.381. The van der Waals surface area contributed by atoms with Gasteiger partial charge < -0.3 is 10.0 Å². The van der Waals surface area contributed by atoms with E-state index in [9.17, 15) is 14.8 Å². The Morgan fingerprint density at radius 2 is 1.88 bits per heavy atom. The van der Waals surface area contributed by atoms with Crippen molar-refractivity contribution in [3.63, 3.8) is 0 Å². The van der Waals surface area contributed by atoms with E-state index in [1.54, 1.807) is 6.07 Å². The fourth-order valence-electron chi connectivity index (χ4n) is 3.35. The molecule has 1 atom stereocenters. The molecule has 4 heteroatoms. The summed E-state index contributed by atoms with van der Waals surface area (Å²) in [6, 6.07) is 12.3. The Bertz CT molecular complexity index is 748. The normalized spacial score (nSPS) is 12.2. The first-order chi connectivity index (χ1) is 12.0. The van der Waals surface area contributed by atoms with Crippen LogP contribution in [0.3, 0.4) is 0 Å². The van der Waals surface area contributed by atoms with Crippen molar-refractivity contribution in [2.24, 2.45) is 0 Å². The number of hydrogen-bond donors (Lipinski definition) is 1. The topological polar surface area (TPSA) is 47.3 Å². The number of hydrogen-bond acceptors (Lipinski definition) is 3. The van der Waals surface area contributed by atoms with Gasteiger partial charge in [0.25, 0.3) is 0 Å². The lowest BCUT2D eigenvalue weighted by Crippen LogP contribution is -2.15. The highest BCUT2D eigenvalue weighted by Crippen LogP contribution is 2.35. The molecule has 0 saturated heterocycles. The minimum atomic E-state index is -0.255. The molecular formula is C21H25FN2O. The zero-order chi connectivity index (χ0) is 18.4. The molecule has 0 fully saturated rings. The monoisotopic (exact) mass is 340 g/mol. The van der Waals surface area contributed by atoms with Gasteiger partial charge in [0.15, 0.2) is 0 Å². The van der Waals surface area contributed by atoms with Gasteiger partial charge in [-0.2, -0.15) is 5.26 Å². The van der Waals surface area contributed by atoms with Gasteiger partial charge in [-0.25, -0.2) is 4.39 Å². The predicted octanol–water partition coefficient (Wildman–Crippen LogP) is 3.97. The van der Waals surface area contributed by atoms with Gasteiger partial charge in [0, 0.05) is 5.92 Å². The summed E-state index contributed by atoms with van der Waals surface area (Å²) >= 11 is 0. The van der Waals surface area contributed by atoms with Crippen LogP contribution < -0.4 is 0 Å². The second kappa shape index (κ2) is 8.75. The Labute approximate surface area is 149 Å². The second-order valence-electron chi connectivity index (χ2n) is 6.69. The lowest BCUT2D eigenvalue weighted by Gasteiger charge is -2.24. The number of benzene rings is 2. The molecule has 2 rings (SSSR count). The summed E-state index contributed by atoms with van der Waals surface area (Å²) < 4.78 is 13.4. The van der Waals surface area contributed by atoms with Gasteiger partial charge in [0.05, 0.1) is 18.2 Å².